The molecule has 1 aromatic carbocycles. The van der Waals surface area contributed by atoms with Gasteiger partial charge in [0, 0.05) is 30.8 Å². The summed E-state index contributed by atoms with van der Waals surface area (Å²) in [6.45, 7) is 5.48. The molecule has 0 saturated heterocycles. The van der Waals surface area contributed by atoms with Crippen molar-refractivity contribution in [3.63, 3.8) is 0 Å². The molecule has 2 rings (SSSR count). The van der Waals surface area contributed by atoms with E-state index < -0.39 is 0 Å². The first-order valence-corrected chi connectivity index (χ1v) is 8.59. The fraction of sp³-hybridized carbons (Fsp3) is 0.450. The lowest BCUT2D eigenvalue weighted by atomic mass is 9.99. The van der Waals surface area contributed by atoms with Crippen LogP contribution in [0.3, 0.4) is 0 Å². The van der Waals surface area contributed by atoms with E-state index in [0.717, 1.165) is 23.6 Å². The second-order valence-corrected chi connectivity index (χ2v) is 6.02. The van der Waals surface area contributed by atoms with E-state index in [1.165, 1.54) is 31.8 Å². The Morgan fingerprint density at radius 2 is 2.04 bits per heavy atom. The summed E-state index contributed by atoms with van der Waals surface area (Å²) in [4.78, 5) is 15.2. The van der Waals surface area contributed by atoms with Crippen molar-refractivity contribution in [2.24, 2.45) is 5.92 Å². The summed E-state index contributed by atoms with van der Waals surface area (Å²) >= 11 is 0. The van der Waals surface area contributed by atoms with E-state index >= 15 is 0 Å². The van der Waals surface area contributed by atoms with Gasteiger partial charge in [0.1, 0.15) is 11.8 Å². The van der Waals surface area contributed by atoms with Crippen molar-refractivity contribution in [3.8, 4) is 11.4 Å². The van der Waals surface area contributed by atoms with Gasteiger partial charge in [-0.15, -0.1) is 0 Å². The molecule has 1 heterocycles. The number of hydrogen-bond donors (Lipinski definition) is 0. The first-order chi connectivity index (χ1) is 11.3. The van der Waals surface area contributed by atoms with Gasteiger partial charge in [-0.2, -0.15) is 0 Å². The van der Waals surface area contributed by atoms with Gasteiger partial charge in [-0.1, -0.05) is 63.4 Å². The smallest absolute Gasteiger partial charge is 0.140 e. The highest BCUT2D eigenvalue weighted by molar-refractivity contribution is 5.56. The van der Waals surface area contributed by atoms with E-state index in [9.17, 15) is 4.79 Å². The molecule has 1 unspecified atom stereocenters. The van der Waals surface area contributed by atoms with E-state index in [2.05, 4.69) is 36.7 Å². The van der Waals surface area contributed by atoms with Crippen LogP contribution in [0.25, 0.3) is 11.4 Å². The standard InChI is InChI=1S/C20H26N2O/c1-3-5-10-17(4-2)15-22-16-19(13-9-14-23)21-20(22)18-11-7-6-8-12-18/h6-9,11-12,16-17H,3-5,10,13,15H2,1-2H3. The zero-order valence-electron chi connectivity index (χ0n) is 14.2. The van der Waals surface area contributed by atoms with Crippen LogP contribution in [0, 0.1) is 5.92 Å². The first kappa shape index (κ1) is 17.2. The van der Waals surface area contributed by atoms with Gasteiger partial charge in [-0.05, 0) is 12.3 Å². The molecule has 122 valence electrons. The largest absolute Gasteiger partial charge is 0.330 e. The van der Waals surface area contributed by atoms with Gasteiger partial charge >= 0.3 is 0 Å². The van der Waals surface area contributed by atoms with Gasteiger partial charge in [0.2, 0.25) is 0 Å². The molecule has 0 saturated carbocycles. The molecule has 0 bridgehead atoms. The Morgan fingerprint density at radius 1 is 1.26 bits per heavy atom. The van der Waals surface area contributed by atoms with Gasteiger partial charge in [-0.25, -0.2) is 9.78 Å². The molecule has 3 heteroatoms. The van der Waals surface area contributed by atoms with Crippen LogP contribution >= 0.6 is 0 Å². The normalized spacial score (nSPS) is 11.9. The zero-order valence-corrected chi connectivity index (χ0v) is 14.2. The van der Waals surface area contributed by atoms with Crippen molar-refractivity contribution in [1.82, 2.24) is 9.55 Å². The predicted octanol–water partition coefficient (Wildman–Crippen LogP) is 4.70. The summed E-state index contributed by atoms with van der Waals surface area (Å²) in [5.74, 6) is 3.50. The average Bonchev–Trinajstić information content (AvgIpc) is 3.00. The minimum atomic E-state index is 0.544. The molecule has 0 aliphatic carbocycles. The Hall–Kier alpha value is -2.12. The maximum atomic E-state index is 10.5. The highest BCUT2D eigenvalue weighted by Gasteiger charge is 2.13. The number of allylic oxidation sites excluding steroid dienone is 1. The monoisotopic (exact) mass is 310 g/mol. The molecular formula is C20H26N2O. The number of nitrogens with zero attached hydrogens (tertiary/aromatic N) is 2. The van der Waals surface area contributed by atoms with Crippen molar-refractivity contribution >= 4 is 5.94 Å². The fourth-order valence-electron chi connectivity index (χ4n) is 2.87. The fourth-order valence-corrected chi connectivity index (χ4v) is 2.87. The minimum Gasteiger partial charge on any atom is -0.330 e. The van der Waals surface area contributed by atoms with Crippen molar-refractivity contribution in [3.05, 3.63) is 48.3 Å². The Balaban J connectivity index is 2.28. The van der Waals surface area contributed by atoms with Gasteiger partial charge < -0.3 is 4.57 Å². The number of imidazole rings is 1. The van der Waals surface area contributed by atoms with E-state index in [1.54, 1.807) is 0 Å². The van der Waals surface area contributed by atoms with Crippen LogP contribution in [0.5, 0.6) is 0 Å². The molecule has 2 aromatic rings. The van der Waals surface area contributed by atoms with Crippen molar-refractivity contribution in [2.75, 3.05) is 0 Å². The van der Waals surface area contributed by atoms with Gasteiger partial charge in [0.25, 0.3) is 0 Å². The quantitative estimate of drug-likeness (QED) is 0.629. The lowest BCUT2D eigenvalue weighted by Gasteiger charge is -2.17. The van der Waals surface area contributed by atoms with Gasteiger partial charge in [0.05, 0.1) is 5.69 Å². The van der Waals surface area contributed by atoms with Crippen molar-refractivity contribution in [1.29, 1.82) is 0 Å². The third kappa shape index (κ3) is 4.94. The Labute approximate surface area is 139 Å². The topological polar surface area (TPSA) is 34.9 Å². The maximum Gasteiger partial charge on any atom is 0.140 e. The molecule has 3 nitrogen and oxygen atoms in total. The molecule has 0 fully saturated rings. The van der Waals surface area contributed by atoms with Crippen molar-refractivity contribution < 1.29 is 4.79 Å². The SMILES string of the molecule is CCCCC(CC)Cn1cc(CC=C=O)nc1-c1ccccc1. The first-order valence-electron chi connectivity index (χ1n) is 8.59. The summed E-state index contributed by atoms with van der Waals surface area (Å²) in [7, 11) is 0. The van der Waals surface area contributed by atoms with Crippen LogP contribution in [0.4, 0.5) is 0 Å². The predicted molar refractivity (Wildman–Crippen MR) is 94.9 cm³/mol. The zero-order chi connectivity index (χ0) is 16.5. The molecule has 0 N–H and O–H groups in total. The van der Waals surface area contributed by atoms with Crippen LogP contribution in [-0.2, 0) is 17.8 Å². The highest BCUT2D eigenvalue weighted by Crippen LogP contribution is 2.23. The highest BCUT2D eigenvalue weighted by atomic mass is 16.1. The minimum absolute atomic E-state index is 0.544. The second kappa shape index (κ2) is 9.12. The van der Waals surface area contributed by atoms with Crippen LogP contribution in [0.2, 0.25) is 0 Å². The molecule has 0 aliphatic heterocycles. The third-order valence-corrected chi connectivity index (χ3v) is 4.25. The van der Waals surface area contributed by atoms with Crippen LogP contribution in [0.1, 0.15) is 45.2 Å². The number of aromatic nitrogens is 2. The summed E-state index contributed by atoms with van der Waals surface area (Å²) < 4.78 is 2.26. The molecule has 1 atom stereocenters. The number of unbranched alkanes of at least 4 members (excludes halogenated alkanes) is 1. The van der Waals surface area contributed by atoms with Gasteiger partial charge in [-0.3, -0.25) is 0 Å². The molecule has 1 aromatic heterocycles. The molecule has 0 spiro atoms. The van der Waals surface area contributed by atoms with Gasteiger partial charge in [0.15, 0.2) is 0 Å². The van der Waals surface area contributed by atoms with E-state index in [4.69, 9.17) is 4.98 Å². The lowest BCUT2D eigenvalue weighted by Crippen LogP contribution is -2.10. The average molecular weight is 310 g/mol. The van der Waals surface area contributed by atoms with E-state index in [0.29, 0.717) is 12.3 Å². The number of rotatable bonds is 9. The number of carbonyl (C=O) groups excluding carboxylic acids is 1. The van der Waals surface area contributed by atoms with Crippen LogP contribution in [-0.4, -0.2) is 15.5 Å². The number of hydrogen-bond acceptors (Lipinski definition) is 2. The van der Waals surface area contributed by atoms with Crippen molar-refractivity contribution in [2.45, 2.75) is 52.5 Å². The Kier molecular flexibility index (Phi) is 6.83. The lowest BCUT2D eigenvalue weighted by molar-refractivity contribution is 0.392. The van der Waals surface area contributed by atoms with E-state index in [-0.39, 0.29) is 0 Å². The van der Waals surface area contributed by atoms with Crippen LogP contribution < -0.4 is 0 Å². The second-order valence-electron chi connectivity index (χ2n) is 6.02. The number of benzene rings is 1. The molecule has 0 amide bonds. The summed E-state index contributed by atoms with van der Waals surface area (Å²) in [5, 5.41) is 0. The summed E-state index contributed by atoms with van der Waals surface area (Å²) in [6.07, 6.45) is 9.07. The maximum absolute atomic E-state index is 10.5. The van der Waals surface area contributed by atoms with E-state index in [1.807, 2.05) is 24.1 Å². The molecule has 0 radical (unpaired) electrons. The summed E-state index contributed by atoms with van der Waals surface area (Å²) in [5.41, 5.74) is 2.05. The molecular weight excluding hydrogens is 284 g/mol. The summed E-state index contributed by atoms with van der Waals surface area (Å²) in [6, 6.07) is 10.3. The Morgan fingerprint density at radius 3 is 2.70 bits per heavy atom. The Bertz CT molecular complexity index is 639. The molecule has 23 heavy (non-hydrogen) atoms. The van der Waals surface area contributed by atoms with Crippen LogP contribution in [0.15, 0.2) is 42.6 Å². The molecule has 0 aliphatic rings. The third-order valence-electron chi connectivity index (χ3n) is 4.25.